The Hall–Kier alpha value is -2.91. The van der Waals surface area contributed by atoms with Crippen LogP contribution >= 0.6 is 0 Å². The summed E-state index contributed by atoms with van der Waals surface area (Å²) in [5.41, 5.74) is 2.05. The van der Waals surface area contributed by atoms with E-state index in [9.17, 15) is 22.0 Å². The number of para-hydroxylation sites is 1. The number of halogens is 2. The molecule has 0 atom stereocenters. The molecule has 6 nitrogen and oxygen atoms in total. The summed E-state index contributed by atoms with van der Waals surface area (Å²) >= 11 is 0. The average molecular weight is 460 g/mol. The number of amides is 1. The average Bonchev–Trinajstić information content (AvgIpc) is 2.79. The molecule has 1 amide bonds. The number of sulfonamides is 1. The van der Waals surface area contributed by atoms with Crippen LogP contribution in [0.15, 0.2) is 53.4 Å². The minimum absolute atomic E-state index is 0.00984. The van der Waals surface area contributed by atoms with Gasteiger partial charge in [0, 0.05) is 37.3 Å². The van der Waals surface area contributed by atoms with Gasteiger partial charge in [-0.1, -0.05) is 32.0 Å². The first-order valence-corrected chi connectivity index (χ1v) is 11.8. The largest absolute Gasteiger partial charge is 0.336 e. The molecule has 0 bridgehead atoms. The standard InChI is InChI=1S/C23H23F2N3O3S/c1-15(2)21-14-18(17-5-3-4-6-20(17)26-21)23(29)27-9-11-28(12-10-27)32(30,31)22-13-16(24)7-8-19(22)25/h3-8,13-15H,9-12H2,1-2H3. The smallest absolute Gasteiger partial charge is 0.254 e. The summed E-state index contributed by atoms with van der Waals surface area (Å²) in [5, 5.41) is 0.735. The number of fused-ring (bicyclic) bond motifs is 1. The second-order valence-corrected chi connectivity index (χ2v) is 9.94. The van der Waals surface area contributed by atoms with E-state index in [1.54, 1.807) is 11.0 Å². The lowest BCUT2D eigenvalue weighted by Gasteiger charge is -2.34. The molecule has 0 saturated carbocycles. The number of pyridine rings is 1. The molecule has 0 unspecified atom stereocenters. The molecule has 9 heteroatoms. The van der Waals surface area contributed by atoms with E-state index in [2.05, 4.69) is 4.98 Å². The number of aromatic nitrogens is 1. The Labute approximate surface area is 185 Å². The monoisotopic (exact) mass is 459 g/mol. The third kappa shape index (κ3) is 4.10. The number of rotatable bonds is 4. The van der Waals surface area contributed by atoms with Crippen molar-refractivity contribution >= 4 is 26.8 Å². The molecule has 2 heterocycles. The van der Waals surface area contributed by atoms with Crippen LogP contribution in [0.5, 0.6) is 0 Å². The molecule has 3 aromatic rings. The molecule has 1 aliphatic rings. The lowest BCUT2D eigenvalue weighted by atomic mass is 10.0. The predicted octanol–water partition coefficient (Wildman–Crippen LogP) is 3.78. The lowest BCUT2D eigenvalue weighted by molar-refractivity contribution is 0.0699. The van der Waals surface area contributed by atoms with Crippen LogP contribution in [0, 0.1) is 11.6 Å². The van der Waals surface area contributed by atoms with E-state index in [1.807, 2.05) is 38.1 Å². The summed E-state index contributed by atoms with van der Waals surface area (Å²) in [7, 11) is -4.21. The van der Waals surface area contributed by atoms with Gasteiger partial charge in [0.15, 0.2) is 0 Å². The highest BCUT2D eigenvalue weighted by molar-refractivity contribution is 7.89. The number of piperazine rings is 1. The zero-order valence-electron chi connectivity index (χ0n) is 17.8. The summed E-state index contributed by atoms with van der Waals surface area (Å²) in [6.07, 6.45) is 0. The summed E-state index contributed by atoms with van der Waals surface area (Å²) in [6.45, 7) is 4.26. The number of nitrogens with zero attached hydrogens (tertiary/aromatic N) is 3. The summed E-state index contributed by atoms with van der Waals surface area (Å²) in [4.78, 5) is 18.9. The zero-order valence-corrected chi connectivity index (χ0v) is 18.6. The van der Waals surface area contributed by atoms with Crippen LogP contribution in [-0.4, -0.2) is 54.7 Å². The van der Waals surface area contributed by atoms with Crippen LogP contribution in [0.3, 0.4) is 0 Å². The van der Waals surface area contributed by atoms with E-state index in [-0.39, 0.29) is 38.0 Å². The van der Waals surface area contributed by atoms with E-state index in [0.29, 0.717) is 11.6 Å². The fourth-order valence-electron chi connectivity index (χ4n) is 3.78. The fourth-order valence-corrected chi connectivity index (χ4v) is 5.28. The summed E-state index contributed by atoms with van der Waals surface area (Å²) in [6, 6.07) is 11.5. The Bertz CT molecular complexity index is 1290. The number of carbonyl (C=O) groups excluding carboxylic acids is 1. The van der Waals surface area contributed by atoms with Crippen LogP contribution in [0.4, 0.5) is 8.78 Å². The maximum atomic E-state index is 14.1. The highest BCUT2D eigenvalue weighted by Crippen LogP contribution is 2.26. The molecule has 1 saturated heterocycles. The number of hydrogen-bond acceptors (Lipinski definition) is 4. The van der Waals surface area contributed by atoms with E-state index in [4.69, 9.17) is 0 Å². The second-order valence-electron chi connectivity index (χ2n) is 8.04. The third-order valence-corrected chi connectivity index (χ3v) is 7.51. The molecule has 0 spiro atoms. The van der Waals surface area contributed by atoms with Gasteiger partial charge in [0.1, 0.15) is 16.5 Å². The van der Waals surface area contributed by atoms with Gasteiger partial charge in [0.05, 0.1) is 11.1 Å². The molecule has 1 aliphatic heterocycles. The Morgan fingerprint density at radius 1 is 1.00 bits per heavy atom. The molecule has 1 aromatic heterocycles. The zero-order chi connectivity index (χ0) is 23.0. The van der Waals surface area contributed by atoms with Crippen LogP contribution in [0.2, 0.25) is 0 Å². The predicted molar refractivity (Wildman–Crippen MR) is 117 cm³/mol. The first-order chi connectivity index (χ1) is 15.2. The van der Waals surface area contributed by atoms with Gasteiger partial charge >= 0.3 is 0 Å². The normalized spacial score (nSPS) is 15.5. The summed E-state index contributed by atoms with van der Waals surface area (Å²) in [5.74, 6) is -1.91. The Balaban J connectivity index is 1.58. The lowest BCUT2D eigenvalue weighted by Crippen LogP contribution is -2.50. The van der Waals surface area contributed by atoms with Gasteiger partial charge in [-0.3, -0.25) is 9.78 Å². The molecular formula is C23H23F2N3O3S. The van der Waals surface area contributed by atoms with E-state index < -0.39 is 26.6 Å². The van der Waals surface area contributed by atoms with Crippen molar-refractivity contribution < 1.29 is 22.0 Å². The quantitative estimate of drug-likeness (QED) is 0.595. The van der Waals surface area contributed by atoms with Crippen molar-refractivity contribution in [2.75, 3.05) is 26.2 Å². The van der Waals surface area contributed by atoms with Gasteiger partial charge in [-0.2, -0.15) is 4.31 Å². The molecule has 4 rings (SSSR count). The Morgan fingerprint density at radius 2 is 1.69 bits per heavy atom. The third-order valence-electron chi connectivity index (χ3n) is 5.59. The van der Waals surface area contributed by atoms with Crippen molar-refractivity contribution in [1.82, 2.24) is 14.2 Å². The molecule has 1 fully saturated rings. The Kier molecular flexibility index (Phi) is 5.96. The first-order valence-electron chi connectivity index (χ1n) is 10.3. The molecule has 2 aromatic carbocycles. The maximum absolute atomic E-state index is 14.1. The first kappa shape index (κ1) is 22.3. The van der Waals surface area contributed by atoms with Crippen molar-refractivity contribution in [3.63, 3.8) is 0 Å². The molecule has 0 radical (unpaired) electrons. The fraction of sp³-hybridized carbons (Fsp3) is 0.304. The topological polar surface area (TPSA) is 70.6 Å². The minimum atomic E-state index is -4.21. The van der Waals surface area contributed by atoms with Gasteiger partial charge in [-0.15, -0.1) is 0 Å². The van der Waals surface area contributed by atoms with Crippen molar-refractivity contribution in [2.24, 2.45) is 0 Å². The SMILES string of the molecule is CC(C)c1cc(C(=O)N2CCN(S(=O)(=O)c3cc(F)ccc3F)CC2)c2ccccc2n1. The van der Waals surface area contributed by atoms with Crippen LogP contribution in [0.1, 0.15) is 35.8 Å². The number of hydrogen-bond donors (Lipinski definition) is 0. The molecule has 0 N–H and O–H groups in total. The highest BCUT2D eigenvalue weighted by Gasteiger charge is 2.33. The molecule has 0 aliphatic carbocycles. The van der Waals surface area contributed by atoms with E-state index >= 15 is 0 Å². The summed E-state index contributed by atoms with van der Waals surface area (Å²) < 4.78 is 54.3. The number of benzene rings is 2. The van der Waals surface area contributed by atoms with E-state index in [0.717, 1.165) is 33.0 Å². The molecule has 168 valence electrons. The van der Waals surface area contributed by atoms with Crippen LogP contribution in [0.25, 0.3) is 10.9 Å². The highest BCUT2D eigenvalue weighted by atomic mass is 32.2. The van der Waals surface area contributed by atoms with Crippen molar-refractivity contribution in [3.05, 3.63) is 71.4 Å². The van der Waals surface area contributed by atoms with Gasteiger partial charge in [-0.25, -0.2) is 17.2 Å². The molecule has 32 heavy (non-hydrogen) atoms. The Morgan fingerprint density at radius 3 is 2.38 bits per heavy atom. The number of carbonyl (C=O) groups is 1. The van der Waals surface area contributed by atoms with Gasteiger partial charge < -0.3 is 4.90 Å². The van der Waals surface area contributed by atoms with Crippen molar-refractivity contribution in [1.29, 1.82) is 0 Å². The van der Waals surface area contributed by atoms with Crippen LogP contribution < -0.4 is 0 Å². The maximum Gasteiger partial charge on any atom is 0.254 e. The van der Waals surface area contributed by atoms with Crippen molar-refractivity contribution in [3.8, 4) is 0 Å². The van der Waals surface area contributed by atoms with Gasteiger partial charge in [0.25, 0.3) is 5.91 Å². The van der Waals surface area contributed by atoms with Crippen LogP contribution in [-0.2, 0) is 10.0 Å². The van der Waals surface area contributed by atoms with Gasteiger partial charge in [0.2, 0.25) is 10.0 Å². The van der Waals surface area contributed by atoms with Gasteiger partial charge in [-0.05, 0) is 36.2 Å². The minimum Gasteiger partial charge on any atom is -0.336 e. The van der Waals surface area contributed by atoms with E-state index in [1.165, 1.54) is 0 Å². The second kappa shape index (κ2) is 8.55. The molecular weight excluding hydrogens is 436 g/mol. The van der Waals surface area contributed by atoms with Crippen molar-refractivity contribution in [2.45, 2.75) is 24.7 Å².